The number of H-pyrrole nitrogens is 1. The van der Waals surface area contributed by atoms with Gasteiger partial charge >= 0.3 is 18.1 Å². The lowest BCUT2D eigenvalue weighted by Gasteiger charge is -2.10. The van der Waals surface area contributed by atoms with Crippen LogP contribution in [0.3, 0.4) is 0 Å². The number of anilines is 1. The molecule has 0 amide bonds. The van der Waals surface area contributed by atoms with Crippen LogP contribution < -0.4 is 16.0 Å². The van der Waals surface area contributed by atoms with E-state index in [2.05, 4.69) is 19.4 Å². The molecule has 0 spiro atoms. The van der Waals surface area contributed by atoms with E-state index in [9.17, 15) is 27.6 Å². The van der Waals surface area contributed by atoms with Crippen LogP contribution in [-0.2, 0) is 9.53 Å². The van der Waals surface area contributed by atoms with Gasteiger partial charge in [-0.15, -0.1) is 11.3 Å². The number of aromatic nitrogens is 2. The highest BCUT2D eigenvalue weighted by Crippen LogP contribution is 2.28. The zero-order valence-electron chi connectivity index (χ0n) is 11.8. The quantitative estimate of drug-likeness (QED) is 0.788. The van der Waals surface area contributed by atoms with Gasteiger partial charge < -0.3 is 20.2 Å². The largest absolute Gasteiger partial charge is 0.491 e. The van der Waals surface area contributed by atoms with E-state index in [1.807, 2.05) is 0 Å². The topological polar surface area (TPSA) is 124 Å². The second kappa shape index (κ2) is 6.31. The number of carbonyl (C=O) groups is 2. The third kappa shape index (κ3) is 3.37. The van der Waals surface area contributed by atoms with E-state index in [1.54, 1.807) is 0 Å². The molecule has 24 heavy (non-hydrogen) atoms. The van der Waals surface area contributed by atoms with Gasteiger partial charge in [-0.05, 0) is 0 Å². The minimum Gasteiger partial charge on any atom is -0.464 e. The number of ether oxygens (including phenoxy) is 2. The van der Waals surface area contributed by atoms with Crippen molar-refractivity contribution in [2.45, 2.75) is 6.18 Å². The van der Waals surface area contributed by atoms with Crippen LogP contribution in [0, 0.1) is 0 Å². The minimum atomic E-state index is -5.36. The summed E-state index contributed by atoms with van der Waals surface area (Å²) in [5.41, 5.74) is 3.96. The molecule has 0 unspecified atom stereocenters. The van der Waals surface area contributed by atoms with Crippen molar-refractivity contribution in [2.75, 3.05) is 12.8 Å². The van der Waals surface area contributed by atoms with Crippen LogP contribution in [0.25, 0.3) is 11.4 Å². The van der Waals surface area contributed by atoms with Crippen molar-refractivity contribution in [3.8, 4) is 17.1 Å². The van der Waals surface area contributed by atoms with Gasteiger partial charge in [0, 0.05) is 10.8 Å². The van der Waals surface area contributed by atoms with Crippen LogP contribution in [0.4, 0.5) is 18.9 Å². The van der Waals surface area contributed by atoms with E-state index in [0.717, 1.165) is 7.11 Å². The minimum absolute atomic E-state index is 0.189. The SMILES string of the molecule is COC(=O)c1nc(-c2cscc2N)[nH]c(=O)c1OC(=O)C(F)(F)F. The summed E-state index contributed by atoms with van der Waals surface area (Å²) in [6.45, 7) is 0. The van der Waals surface area contributed by atoms with E-state index in [0.29, 0.717) is 0 Å². The molecule has 2 aromatic rings. The van der Waals surface area contributed by atoms with Crippen LogP contribution in [0.1, 0.15) is 10.5 Å². The third-order valence-corrected chi connectivity index (χ3v) is 3.39. The van der Waals surface area contributed by atoms with Gasteiger partial charge in [0.15, 0.2) is 5.69 Å². The first kappa shape index (κ1) is 17.5. The molecule has 3 N–H and O–H groups in total. The van der Waals surface area contributed by atoms with Crippen LogP contribution in [0.15, 0.2) is 15.6 Å². The lowest BCUT2D eigenvalue weighted by molar-refractivity contribution is -0.189. The normalized spacial score (nSPS) is 11.2. The molecule has 0 aliphatic heterocycles. The van der Waals surface area contributed by atoms with Crippen LogP contribution >= 0.6 is 11.3 Å². The van der Waals surface area contributed by atoms with E-state index in [-0.39, 0.29) is 17.1 Å². The number of hydrogen-bond donors (Lipinski definition) is 2. The first-order valence-electron chi connectivity index (χ1n) is 5.98. The van der Waals surface area contributed by atoms with Crippen molar-refractivity contribution in [3.05, 3.63) is 26.8 Å². The number of nitrogens with one attached hydrogen (secondary N) is 1. The van der Waals surface area contributed by atoms with E-state index in [4.69, 9.17) is 5.73 Å². The summed E-state index contributed by atoms with van der Waals surface area (Å²) in [6, 6.07) is 0. The lowest BCUT2D eigenvalue weighted by Crippen LogP contribution is -2.32. The average Bonchev–Trinajstić information content (AvgIpc) is 2.93. The Morgan fingerprint density at radius 2 is 2.00 bits per heavy atom. The van der Waals surface area contributed by atoms with Gasteiger partial charge in [-0.3, -0.25) is 4.79 Å². The highest BCUT2D eigenvalue weighted by molar-refractivity contribution is 7.08. The maximum atomic E-state index is 12.3. The maximum absolute atomic E-state index is 12.3. The molecule has 128 valence electrons. The number of nitrogens with two attached hydrogens (primary N) is 1. The Balaban J connectivity index is 2.60. The Morgan fingerprint density at radius 3 is 2.50 bits per heavy atom. The smallest absolute Gasteiger partial charge is 0.464 e. The second-order valence-corrected chi connectivity index (χ2v) is 4.96. The van der Waals surface area contributed by atoms with Crippen molar-refractivity contribution >= 4 is 29.0 Å². The Labute approximate surface area is 135 Å². The van der Waals surface area contributed by atoms with Crippen molar-refractivity contribution < 1.29 is 32.2 Å². The van der Waals surface area contributed by atoms with Crippen molar-refractivity contribution in [3.63, 3.8) is 0 Å². The number of nitrogen functional groups attached to an aromatic ring is 1. The van der Waals surface area contributed by atoms with Crippen molar-refractivity contribution in [2.24, 2.45) is 0 Å². The molecule has 0 aromatic carbocycles. The molecule has 2 heterocycles. The summed E-state index contributed by atoms with van der Waals surface area (Å²) in [5, 5.41) is 3.01. The third-order valence-electron chi connectivity index (χ3n) is 2.63. The molecule has 0 aliphatic rings. The fraction of sp³-hybridized carbons (Fsp3) is 0.167. The molecule has 2 aromatic heterocycles. The second-order valence-electron chi connectivity index (χ2n) is 4.21. The Bertz CT molecular complexity index is 858. The molecule has 0 radical (unpaired) electrons. The van der Waals surface area contributed by atoms with Crippen LogP contribution in [0.5, 0.6) is 5.75 Å². The Kier molecular flexibility index (Phi) is 4.59. The number of hydrogen-bond acceptors (Lipinski definition) is 8. The standard InChI is InChI=1S/C12H8F3N3O5S/c1-22-10(20)6-7(23-11(21)12(13,14)15)9(19)18-8(17-6)4-2-24-3-5(4)16/h2-3H,16H2,1H3,(H,17,18,19). The predicted molar refractivity (Wildman–Crippen MR) is 75.6 cm³/mol. The molecule has 8 nitrogen and oxygen atoms in total. The lowest BCUT2D eigenvalue weighted by atomic mass is 10.2. The summed E-state index contributed by atoms with van der Waals surface area (Å²) in [7, 11) is 0.916. The van der Waals surface area contributed by atoms with E-state index < -0.39 is 35.1 Å². The fourth-order valence-electron chi connectivity index (χ4n) is 1.57. The number of aromatic amines is 1. The predicted octanol–water partition coefficient (Wildman–Crippen LogP) is 1.33. The molecule has 0 saturated heterocycles. The van der Waals surface area contributed by atoms with Crippen LogP contribution in [-0.4, -0.2) is 35.2 Å². The highest BCUT2D eigenvalue weighted by atomic mass is 32.1. The van der Waals surface area contributed by atoms with E-state index >= 15 is 0 Å². The highest BCUT2D eigenvalue weighted by Gasteiger charge is 2.42. The summed E-state index contributed by atoms with van der Waals surface area (Å²) in [4.78, 5) is 40.4. The maximum Gasteiger partial charge on any atom is 0.491 e. The summed E-state index contributed by atoms with van der Waals surface area (Å²) >= 11 is 1.17. The zero-order valence-corrected chi connectivity index (χ0v) is 12.6. The number of esters is 2. The molecular weight excluding hydrogens is 355 g/mol. The number of methoxy groups -OCH3 is 1. The Hall–Kier alpha value is -2.89. The molecule has 0 aliphatic carbocycles. The Morgan fingerprint density at radius 1 is 1.33 bits per heavy atom. The van der Waals surface area contributed by atoms with Gasteiger partial charge in [0.2, 0.25) is 5.75 Å². The fourth-order valence-corrected chi connectivity index (χ4v) is 2.30. The molecule has 12 heteroatoms. The molecule has 2 rings (SSSR count). The first-order valence-corrected chi connectivity index (χ1v) is 6.93. The molecule has 0 saturated carbocycles. The molecule has 0 fully saturated rings. The first-order chi connectivity index (χ1) is 11.1. The number of rotatable bonds is 3. The van der Waals surface area contributed by atoms with Crippen molar-refractivity contribution in [1.29, 1.82) is 0 Å². The van der Waals surface area contributed by atoms with Crippen molar-refractivity contribution in [1.82, 2.24) is 9.97 Å². The van der Waals surface area contributed by atoms with Gasteiger partial charge in [0.1, 0.15) is 5.82 Å². The molecule has 0 bridgehead atoms. The number of nitrogens with zero attached hydrogens (tertiary/aromatic N) is 1. The van der Waals surface area contributed by atoms with Gasteiger partial charge in [-0.2, -0.15) is 13.2 Å². The summed E-state index contributed by atoms with van der Waals surface area (Å²) < 4.78 is 45.2. The monoisotopic (exact) mass is 363 g/mol. The van der Waals surface area contributed by atoms with Gasteiger partial charge in [0.25, 0.3) is 5.56 Å². The number of carbonyl (C=O) groups excluding carboxylic acids is 2. The van der Waals surface area contributed by atoms with Gasteiger partial charge in [-0.1, -0.05) is 0 Å². The number of halogens is 3. The molecular formula is C12H8F3N3O5S. The van der Waals surface area contributed by atoms with Gasteiger partial charge in [0.05, 0.1) is 18.4 Å². The van der Waals surface area contributed by atoms with E-state index in [1.165, 1.54) is 22.1 Å². The number of thiophene rings is 1. The number of alkyl halides is 3. The summed E-state index contributed by atoms with van der Waals surface area (Å²) in [6.07, 6.45) is -5.36. The zero-order chi connectivity index (χ0) is 18.1. The van der Waals surface area contributed by atoms with Crippen LogP contribution in [0.2, 0.25) is 0 Å². The summed E-state index contributed by atoms with van der Waals surface area (Å²) in [5.74, 6) is -5.35. The average molecular weight is 363 g/mol. The van der Waals surface area contributed by atoms with Gasteiger partial charge in [-0.25, -0.2) is 14.6 Å². The molecule has 0 atom stereocenters.